The van der Waals surface area contributed by atoms with Gasteiger partial charge >= 0.3 is 0 Å². The van der Waals surface area contributed by atoms with E-state index in [9.17, 15) is 5.11 Å². The minimum absolute atomic E-state index is 0.208. The number of imidazole rings is 1. The number of fused-ring (bicyclic) bond motifs is 2. The fourth-order valence-corrected chi connectivity index (χ4v) is 4.66. The molecular formula is C23H29N5O2. The zero-order chi connectivity index (χ0) is 20.5. The van der Waals surface area contributed by atoms with Gasteiger partial charge in [0.1, 0.15) is 17.2 Å². The van der Waals surface area contributed by atoms with Crippen molar-refractivity contribution in [3.8, 4) is 0 Å². The van der Waals surface area contributed by atoms with Crippen LogP contribution < -0.4 is 4.90 Å². The number of hydrogen-bond acceptors (Lipinski definition) is 6. The summed E-state index contributed by atoms with van der Waals surface area (Å²) in [4.78, 5) is 14.0. The molecule has 2 aromatic heterocycles. The van der Waals surface area contributed by atoms with Gasteiger partial charge in [0.2, 0.25) is 0 Å². The first kappa shape index (κ1) is 19.5. The first-order valence-electron chi connectivity index (χ1n) is 10.8. The van der Waals surface area contributed by atoms with E-state index in [0.717, 1.165) is 81.6 Å². The highest BCUT2D eigenvalue weighted by molar-refractivity contribution is 5.78. The molecule has 3 aromatic rings. The summed E-state index contributed by atoms with van der Waals surface area (Å²) >= 11 is 0. The Hall–Kier alpha value is -2.48. The molecule has 1 aromatic carbocycles. The minimum atomic E-state index is 0.208. The lowest BCUT2D eigenvalue weighted by Crippen LogP contribution is -2.36. The quantitative estimate of drug-likeness (QED) is 0.698. The Labute approximate surface area is 176 Å². The van der Waals surface area contributed by atoms with Gasteiger partial charge < -0.3 is 19.3 Å². The van der Waals surface area contributed by atoms with Crippen LogP contribution in [0.5, 0.6) is 0 Å². The molecule has 4 heterocycles. The Bertz CT molecular complexity index is 1040. The lowest BCUT2D eigenvalue weighted by atomic mass is 9.94. The van der Waals surface area contributed by atoms with Crippen molar-refractivity contribution < 1.29 is 9.84 Å². The second-order valence-corrected chi connectivity index (χ2v) is 8.18. The molecule has 0 saturated carbocycles. The van der Waals surface area contributed by atoms with E-state index in [1.54, 1.807) is 0 Å². The van der Waals surface area contributed by atoms with Crippen molar-refractivity contribution in [3.05, 3.63) is 53.0 Å². The van der Waals surface area contributed by atoms with Gasteiger partial charge in [-0.1, -0.05) is 18.2 Å². The number of anilines is 1. The number of hydrogen-bond donors (Lipinski definition) is 1. The molecule has 7 heteroatoms. The van der Waals surface area contributed by atoms with E-state index in [4.69, 9.17) is 9.72 Å². The van der Waals surface area contributed by atoms with Crippen LogP contribution in [0.2, 0.25) is 0 Å². The molecular weight excluding hydrogens is 378 g/mol. The molecule has 0 amide bonds. The minimum Gasteiger partial charge on any atom is -0.395 e. The van der Waals surface area contributed by atoms with Crippen LogP contribution >= 0.6 is 0 Å². The van der Waals surface area contributed by atoms with Gasteiger partial charge in [-0.2, -0.15) is 0 Å². The van der Waals surface area contributed by atoms with Gasteiger partial charge in [0.05, 0.1) is 31.5 Å². The smallest absolute Gasteiger partial charge is 0.130 e. The number of pyridine rings is 1. The predicted molar refractivity (Wildman–Crippen MR) is 117 cm³/mol. The van der Waals surface area contributed by atoms with Crippen LogP contribution in [0.25, 0.3) is 11.0 Å². The zero-order valence-corrected chi connectivity index (χ0v) is 17.5. The molecule has 1 fully saturated rings. The van der Waals surface area contributed by atoms with Crippen molar-refractivity contribution in [1.29, 1.82) is 0 Å². The lowest BCUT2D eigenvalue weighted by Gasteiger charge is -2.30. The Morgan fingerprint density at radius 2 is 2.03 bits per heavy atom. The maximum absolute atomic E-state index is 9.36. The van der Waals surface area contributed by atoms with Crippen LogP contribution in [0, 0.1) is 6.92 Å². The number of aliphatic hydroxyl groups excluding tert-OH is 1. The third-order valence-corrected chi connectivity index (χ3v) is 6.34. The van der Waals surface area contributed by atoms with Crippen LogP contribution in [-0.4, -0.2) is 70.5 Å². The standard InChI is InChI=1S/C23H29N5O2/c1-17-25-21-14-24-23(27-8-11-30-12-9-27)13-22(21)28(17)15-19-4-2-3-18-5-6-26(7-10-29)16-20(18)19/h2-4,13-14,29H,5-12,15-16H2,1H3. The number of morpholine rings is 1. The van der Waals surface area contributed by atoms with E-state index in [-0.39, 0.29) is 6.61 Å². The molecule has 1 saturated heterocycles. The van der Waals surface area contributed by atoms with Crippen molar-refractivity contribution in [1.82, 2.24) is 19.4 Å². The van der Waals surface area contributed by atoms with Crippen LogP contribution in [-0.2, 0) is 24.2 Å². The highest BCUT2D eigenvalue weighted by Crippen LogP contribution is 2.26. The molecule has 5 rings (SSSR count). The summed E-state index contributed by atoms with van der Waals surface area (Å²) in [6.07, 6.45) is 2.94. The second kappa shape index (κ2) is 8.34. The van der Waals surface area contributed by atoms with Gasteiger partial charge in [-0.25, -0.2) is 9.97 Å². The Balaban J connectivity index is 1.49. The van der Waals surface area contributed by atoms with Gasteiger partial charge in [0.25, 0.3) is 0 Å². The monoisotopic (exact) mass is 407 g/mol. The summed E-state index contributed by atoms with van der Waals surface area (Å²) in [5, 5.41) is 9.36. The predicted octanol–water partition coefficient (Wildman–Crippen LogP) is 1.98. The van der Waals surface area contributed by atoms with Crippen LogP contribution in [0.3, 0.4) is 0 Å². The van der Waals surface area contributed by atoms with Crippen molar-refractivity contribution in [2.45, 2.75) is 26.4 Å². The highest BCUT2D eigenvalue weighted by atomic mass is 16.5. The van der Waals surface area contributed by atoms with E-state index >= 15 is 0 Å². The van der Waals surface area contributed by atoms with Crippen LogP contribution in [0.1, 0.15) is 22.5 Å². The summed E-state index contributed by atoms with van der Waals surface area (Å²) in [6, 6.07) is 8.82. The van der Waals surface area contributed by atoms with Crippen LogP contribution in [0.4, 0.5) is 5.82 Å². The molecule has 0 bridgehead atoms. The Morgan fingerprint density at radius 1 is 1.17 bits per heavy atom. The van der Waals surface area contributed by atoms with Crippen molar-refractivity contribution >= 4 is 16.9 Å². The first-order chi connectivity index (χ1) is 14.7. The number of aliphatic hydroxyl groups is 1. The zero-order valence-electron chi connectivity index (χ0n) is 17.5. The third kappa shape index (κ3) is 3.69. The van der Waals surface area contributed by atoms with Crippen molar-refractivity contribution in [2.75, 3.05) is 50.9 Å². The first-order valence-corrected chi connectivity index (χ1v) is 10.8. The molecule has 30 heavy (non-hydrogen) atoms. The molecule has 1 N–H and O–H groups in total. The van der Waals surface area contributed by atoms with Crippen molar-refractivity contribution in [3.63, 3.8) is 0 Å². The summed E-state index contributed by atoms with van der Waals surface area (Å²) < 4.78 is 7.79. The van der Waals surface area contributed by atoms with E-state index < -0.39 is 0 Å². The molecule has 158 valence electrons. The average molecular weight is 408 g/mol. The van der Waals surface area contributed by atoms with E-state index in [2.05, 4.69) is 50.5 Å². The van der Waals surface area contributed by atoms with Gasteiger partial charge in [-0.15, -0.1) is 0 Å². The topological polar surface area (TPSA) is 66.7 Å². The van der Waals surface area contributed by atoms with Crippen LogP contribution in [0.15, 0.2) is 30.5 Å². The average Bonchev–Trinajstić information content (AvgIpc) is 3.09. The maximum Gasteiger partial charge on any atom is 0.130 e. The molecule has 0 unspecified atom stereocenters. The summed E-state index contributed by atoms with van der Waals surface area (Å²) in [5.74, 6) is 2.00. The normalized spacial score (nSPS) is 17.5. The number of aromatic nitrogens is 3. The molecule has 2 aliphatic heterocycles. The van der Waals surface area contributed by atoms with Gasteiger partial charge in [-0.3, -0.25) is 4.90 Å². The summed E-state index contributed by atoms with van der Waals surface area (Å²) in [7, 11) is 0. The number of ether oxygens (including phenoxy) is 1. The molecule has 7 nitrogen and oxygen atoms in total. The summed E-state index contributed by atoms with van der Waals surface area (Å²) in [5.41, 5.74) is 6.24. The number of β-amino-alcohol motifs (C(OH)–C–C–N with tert-alkyl or cyclic N) is 1. The van der Waals surface area contributed by atoms with Gasteiger partial charge in [0.15, 0.2) is 0 Å². The highest BCUT2D eigenvalue weighted by Gasteiger charge is 2.20. The number of rotatable bonds is 5. The van der Waals surface area contributed by atoms with E-state index in [0.29, 0.717) is 0 Å². The molecule has 2 aliphatic rings. The molecule has 0 atom stereocenters. The Morgan fingerprint density at radius 3 is 2.87 bits per heavy atom. The van der Waals surface area contributed by atoms with Gasteiger partial charge in [-0.05, 0) is 30.0 Å². The summed E-state index contributed by atoms with van der Waals surface area (Å²) in [6.45, 7) is 8.97. The third-order valence-electron chi connectivity index (χ3n) is 6.34. The number of nitrogens with zero attached hydrogens (tertiary/aromatic N) is 5. The van der Waals surface area contributed by atoms with E-state index in [1.165, 1.54) is 16.7 Å². The maximum atomic E-state index is 9.36. The SMILES string of the molecule is Cc1nc2cnc(N3CCOCC3)cc2n1Cc1cccc2c1CN(CCO)CC2. The fourth-order valence-electron chi connectivity index (χ4n) is 4.66. The fraction of sp³-hybridized carbons (Fsp3) is 0.478. The van der Waals surface area contributed by atoms with E-state index in [1.807, 2.05) is 6.20 Å². The number of aryl methyl sites for hydroxylation is 1. The largest absolute Gasteiger partial charge is 0.395 e. The molecule has 0 spiro atoms. The Kier molecular flexibility index (Phi) is 5.41. The molecule has 0 radical (unpaired) electrons. The van der Waals surface area contributed by atoms with Crippen molar-refractivity contribution in [2.24, 2.45) is 0 Å². The van der Waals surface area contributed by atoms with Gasteiger partial charge in [0, 0.05) is 45.3 Å². The second-order valence-electron chi connectivity index (χ2n) is 8.18. The number of benzene rings is 1. The molecule has 0 aliphatic carbocycles. The lowest BCUT2D eigenvalue weighted by molar-refractivity contribution is 0.122.